The molecule has 0 saturated heterocycles. The van der Waals surface area contributed by atoms with Gasteiger partial charge < -0.3 is 19.5 Å². The number of fused-ring (bicyclic) bond motifs is 1. The maximum atomic E-state index is 12.2. The van der Waals surface area contributed by atoms with Gasteiger partial charge in [0.25, 0.3) is 5.91 Å². The highest BCUT2D eigenvalue weighted by atomic mass is 16.6. The molecule has 0 spiro atoms. The summed E-state index contributed by atoms with van der Waals surface area (Å²) < 4.78 is 16.3. The summed E-state index contributed by atoms with van der Waals surface area (Å²) in [5, 5.41) is 2.79. The molecule has 0 fully saturated rings. The Morgan fingerprint density at radius 2 is 1.96 bits per heavy atom. The van der Waals surface area contributed by atoms with Crippen molar-refractivity contribution in [1.29, 1.82) is 0 Å². The van der Waals surface area contributed by atoms with E-state index in [9.17, 15) is 4.79 Å². The number of aliphatic imine (C=N–C) groups is 1. The number of nitrogens with zero attached hydrogens (tertiary/aromatic N) is 1. The third-order valence-corrected chi connectivity index (χ3v) is 3.91. The number of nitrogens with one attached hydrogen (secondary N) is 1. The molecule has 0 aliphatic carbocycles. The molecule has 0 atom stereocenters. The molecule has 2 aromatic rings. The molecule has 0 aromatic heterocycles. The lowest BCUT2D eigenvalue weighted by molar-refractivity contribution is -0.115. The SMILES string of the molecule is COc1cccc(C2=N/C(=C/c3ccc4c(c3)OCCO4)C(=O)N2)c1. The van der Waals surface area contributed by atoms with Crippen LogP contribution in [0.15, 0.2) is 53.2 Å². The van der Waals surface area contributed by atoms with E-state index < -0.39 is 0 Å². The van der Waals surface area contributed by atoms with Gasteiger partial charge in [-0.25, -0.2) is 4.99 Å². The van der Waals surface area contributed by atoms with Crippen LogP contribution in [0.3, 0.4) is 0 Å². The van der Waals surface area contributed by atoms with E-state index in [4.69, 9.17) is 14.2 Å². The van der Waals surface area contributed by atoms with Crippen molar-refractivity contribution in [3.8, 4) is 17.2 Å². The Morgan fingerprint density at radius 3 is 2.80 bits per heavy atom. The van der Waals surface area contributed by atoms with Crippen LogP contribution in [0.25, 0.3) is 6.08 Å². The molecule has 4 rings (SSSR count). The largest absolute Gasteiger partial charge is 0.497 e. The molecule has 2 heterocycles. The summed E-state index contributed by atoms with van der Waals surface area (Å²) in [5.41, 5.74) is 1.96. The molecule has 0 unspecified atom stereocenters. The van der Waals surface area contributed by atoms with E-state index in [0.29, 0.717) is 42.0 Å². The molecule has 2 aromatic carbocycles. The number of benzene rings is 2. The first-order valence-electron chi connectivity index (χ1n) is 7.89. The maximum Gasteiger partial charge on any atom is 0.275 e. The lowest BCUT2D eigenvalue weighted by atomic mass is 10.1. The van der Waals surface area contributed by atoms with Crippen molar-refractivity contribution in [3.63, 3.8) is 0 Å². The third kappa shape index (κ3) is 3.06. The number of carbonyl (C=O) groups excluding carboxylic acids is 1. The molecule has 0 bridgehead atoms. The summed E-state index contributed by atoms with van der Waals surface area (Å²) in [4.78, 5) is 16.6. The van der Waals surface area contributed by atoms with E-state index in [1.165, 1.54) is 0 Å². The number of carbonyl (C=O) groups is 1. The molecule has 126 valence electrons. The first-order chi connectivity index (χ1) is 12.2. The molecule has 6 nitrogen and oxygen atoms in total. The van der Waals surface area contributed by atoms with Gasteiger partial charge >= 0.3 is 0 Å². The normalized spacial score (nSPS) is 17.2. The van der Waals surface area contributed by atoms with E-state index in [0.717, 1.165) is 11.1 Å². The number of hydrogen-bond acceptors (Lipinski definition) is 5. The van der Waals surface area contributed by atoms with Crippen LogP contribution in [0, 0.1) is 0 Å². The molecule has 25 heavy (non-hydrogen) atoms. The van der Waals surface area contributed by atoms with E-state index in [2.05, 4.69) is 10.3 Å². The Hall–Kier alpha value is -3.28. The number of hydrogen-bond donors (Lipinski definition) is 1. The molecule has 2 aliphatic heterocycles. The average Bonchev–Trinajstić information content (AvgIpc) is 3.02. The third-order valence-electron chi connectivity index (χ3n) is 3.91. The highest BCUT2D eigenvalue weighted by Gasteiger charge is 2.21. The highest BCUT2D eigenvalue weighted by molar-refractivity contribution is 6.19. The van der Waals surface area contributed by atoms with Crippen LogP contribution in [-0.4, -0.2) is 32.1 Å². The molecule has 6 heteroatoms. The van der Waals surface area contributed by atoms with Crippen molar-refractivity contribution in [2.75, 3.05) is 20.3 Å². The van der Waals surface area contributed by atoms with E-state index >= 15 is 0 Å². The Morgan fingerprint density at radius 1 is 1.12 bits per heavy atom. The minimum Gasteiger partial charge on any atom is -0.497 e. The van der Waals surface area contributed by atoms with Gasteiger partial charge in [0, 0.05) is 5.56 Å². The zero-order chi connectivity index (χ0) is 17.2. The van der Waals surface area contributed by atoms with Crippen molar-refractivity contribution < 1.29 is 19.0 Å². The lowest BCUT2D eigenvalue weighted by Crippen LogP contribution is -2.24. The van der Waals surface area contributed by atoms with Gasteiger partial charge in [-0.2, -0.15) is 0 Å². The molecule has 1 amide bonds. The van der Waals surface area contributed by atoms with Crippen LogP contribution >= 0.6 is 0 Å². The number of methoxy groups -OCH3 is 1. The van der Waals surface area contributed by atoms with Crippen molar-refractivity contribution in [2.45, 2.75) is 0 Å². The second-order valence-electron chi connectivity index (χ2n) is 5.58. The maximum absolute atomic E-state index is 12.2. The monoisotopic (exact) mass is 336 g/mol. The first-order valence-corrected chi connectivity index (χ1v) is 7.89. The van der Waals surface area contributed by atoms with Crippen molar-refractivity contribution in [1.82, 2.24) is 5.32 Å². The fraction of sp³-hybridized carbons (Fsp3) is 0.158. The Kier molecular flexibility index (Phi) is 3.85. The zero-order valence-corrected chi connectivity index (χ0v) is 13.6. The number of amidine groups is 1. The number of rotatable bonds is 3. The quantitative estimate of drug-likeness (QED) is 0.874. The van der Waals surface area contributed by atoms with Gasteiger partial charge in [0.05, 0.1) is 7.11 Å². The Labute approximate surface area is 144 Å². The first kappa shape index (κ1) is 15.3. The molecular formula is C19H16N2O4. The van der Waals surface area contributed by atoms with Crippen LogP contribution in [-0.2, 0) is 4.79 Å². The predicted octanol–water partition coefficient (Wildman–Crippen LogP) is 2.38. The number of ether oxygens (including phenoxy) is 3. The topological polar surface area (TPSA) is 69.1 Å². The van der Waals surface area contributed by atoms with Gasteiger partial charge in [-0.3, -0.25) is 4.79 Å². The second kappa shape index (κ2) is 6.32. The van der Waals surface area contributed by atoms with Crippen LogP contribution in [0.1, 0.15) is 11.1 Å². The fourth-order valence-electron chi connectivity index (χ4n) is 2.68. The molecular weight excluding hydrogens is 320 g/mol. The molecule has 0 saturated carbocycles. The van der Waals surface area contributed by atoms with Crippen molar-refractivity contribution in [3.05, 3.63) is 59.3 Å². The minimum atomic E-state index is -0.243. The van der Waals surface area contributed by atoms with Gasteiger partial charge in [-0.05, 0) is 35.9 Å². The average molecular weight is 336 g/mol. The van der Waals surface area contributed by atoms with Crippen LogP contribution in [0.5, 0.6) is 17.2 Å². The summed E-state index contributed by atoms with van der Waals surface area (Å²) in [6, 6.07) is 12.9. The van der Waals surface area contributed by atoms with Crippen LogP contribution in [0.2, 0.25) is 0 Å². The van der Waals surface area contributed by atoms with Gasteiger partial charge in [-0.1, -0.05) is 18.2 Å². The Bertz CT molecular complexity index is 902. The van der Waals surface area contributed by atoms with Crippen LogP contribution in [0.4, 0.5) is 0 Å². The minimum absolute atomic E-state index is 0.243. The standard InChI is InChI=1S/C19H16N2O4/c1-23-14-4-2-3-13(11-14)18-20-15(19(22)21-18)9-12-5-6-16-17(10-12)25-8-7-24-16/h2-6,9-11H,7-8H2,1H3,(H,20,21,22)/b15-9+. The van der Waals surface area contributed by atoms with Crippen molar-refractivity contribution in [2.24, 2.45) is 4.99 Å². The second-order valence-corrected chi connectivity index (χ2v) is 5.58. The summed E-state index contributed by atoms with van der Waals surface area (Å²) in [5.74, 6) is 2.36. The van der Waals surface area contributed by atoms with Gasteiger partial charge in [0.2, 0.25) is 0 Å². The smallest absolute Gasteiger partial charge is 0.275 e. The van der Waals surface area contributed by atoms with E-state index in [1.807, 2.05) is 42.5 Å². The molecule has 0 radical (unpaired) electrons. The number of amides is 1. The molecule has 2 aliphatic rings. The fourth-order valence-corrected chi connectivity index (χ4v) is 2.68. The van der Waals surface area contributed by atoms with Gasteiger partial charge in [0.1, 0.15) is 30.5 Å². The summed E-state index contributed by atoms with van der Waals surface area (Å²) in [6.07, 6.45) is 1.72. The van der Waals surface area contributed by atoms with Crippen molar-refractivity contribution >= 4 is 17.8 Å². The lowest BCUT2D eigenvalue weighted by Gasteiger charge is -2.18. The summed E-state index contributed by atoms with van der Waals surface area (Å²) in [6.45, 7) is 1.07. The van der Waals surface area contributed by atoms with Crippen LogP contribution < -0.4 is 19.5 Å². The van der Waals surface area contributed by atoms with E-state index in [1.54, 1.807) is 13.2 Å². The predicted molar refractivity (Wildman–Crippen MR) is 93.1 cm³/mol. The summed E-state index contributed by atoms with van der Waals surface area (Å²) >= 11 is 0. The summed E-state index contributed by atoms with van der Waals surface area (Å²) in [7, 11) is 1.60. The molecule has 1 N–H and O–H groups in total. The highest BCUT2D eigenvalue weighted by Crippen LogP contribution is 2.31. The van der Waals surface area contributed by atoms with Gasteiger partial charge in [0.15, 0.2) is 11.5 Å². The van der Waals surface area contributed by atoms with E-state index in [-0.39, 0.29) is 5.91 Å². The van der Waals surface area contributed by atoms with Gasteiger partial charge in [-0.15, -0.1) is 0 Å². The Balaban J connectivity index is 1.64. The zero-order valence-electron chi connectivity index (χ0n) is 13.6.